The molecule has 15 heavy (non-hydrogen) atoms. The Kier molecular flexibility index (Phi) is 3.04. The molecule has 0 unspecified atom stereocenters. The lowest BCUT2D eigenvalue weighted by Crippen LogP contribution is -2.20. The number of hydrogen-bond acceptors (Lipinski definition) is 3. The van der Waals surface area contributed by atoms with Gasteiger partial charge in [-0.15, -0.1) is 13.2 Å². The van der Waals surface area contributed by atoms with Crippen molar-refractivity contribution in [2.75, 3.05) is 0 Å². The van der Waals surface area contributed by atoms with Crippen molar-refractivity contribution in [2.24, 2.45) is 0 Å². The van der Waals surface area contributed by atoms with Gasteiger partial charge < -0.3 is 9.72 Å². The number of H-pyrrole nitrogens is 1. The second-order valence-electron chi connectivity index (χ2n) is 2.35. The molecule has 0 aliphatic rings. The fourth-order valence-corrected chi connectivity index (χ4v) is 1.08. The van der Waals surface area contributed by atoms with Gasteiger partial charge in [0.25, 0.3) is 5.56 Å². The van der Waals surface area contributed by atoms with Gasteiger partial charge in [-0.25, -0.2) is 0 Å². The molecule has 1 aromatic heterocycles. The summed E-state index contributed by atoms with van der Waals surface area (Å²) in [5.74, 6) is -0.753. The highest BCUT2D eigenvalue weighted by molar-refractivity contribution is 9.10. The quantitative estimate of drug-likeness (QED) is 0.856. The summed E-state index contributed by atoms with van der Waals surface area (Å²) in [5, 5.41) is 8.45. The molecule has 0 radical (unpaired) electrons. The lowest BCUT2D eigenvalue weighted by atomic mass is 10.3. The Balaban J connectivity index is 3.24. The monoisotopic (exact) mass is 282 g/mol. The molecule has 0 saturated heterocycles. The highest BCUT2D eigenvalue weighted by atomic mass is 79.9. The third kappa shape index (κ3) is 2.99. The van der Waals surface area contributed by atoms with E-state index in [0.717, 1.165) is 6.07 Å². The normalized spacial score (nSPS) is 10.9. The van der Waals surface area contributed by atoms with Gasteiger partial charge in [-0.05, 0) is 15.9 Å². The number of aromatic amines is 1. The van der Waals surface area contributed by atoms with Crippen molar-refractivity contribution < 1.29 is 17.9 Å². The summed E-state index contributed by atoms with van der Waals surface area (Å²) in [7, 11) is 0. The van der Waals surface area contributed by atoms with E-state index < -0.39 is 23.4 Å². The number of nitrogens with one attached hydrogen (secondary N) is 1. The molecule has 8 heteroatoms. The maximum Gasteiger partial charge on any atom is 0.573 e. The molecule has 1 rings (SSSR count). The predicted molar refractivity (Wildman–Crippen MR) is 46.2 cm³/mol. The second kappa shape index (κ2) is 3.94. The summed E-state index contributed by atoms with van der Waals surface area (Å²) < 4.78 is 38.9. The minimum absolute atomic E-state index is 0.152. The molecule has 0 aliphatic carbocycles. The lowest BCUT2D eigenvalue weighted by molar-refractivity contribution is -0.274. The fourth-order valence-electron chi connectivity index (χ4n) is 0.776. The van der Waals surface area contributed by atoms with Crippen LogP contribution in [0.2, 0.25) is 0 Å². The first-order valence-electron chi connectivity index (χ1n) is 3.42. The van der Waals surface area contributed by atoms with Crippen LogP contribution in [-0.4, -0.2) is 11.3 Å². The van der Waals surface area contributed by atoms with E-state index >= 15 is 0 Å². The molecular formula is C7H2BrF3N2O2. The second-order valence-corrected chi connectivity index (χ2v) is 3.20. The zero-order valence-electron chi connectivity index (χ0n) is 6.85. The average molecular weight is 283 g/mol. The summed E-state index contributed by atoms with van der Waals surface area (Å²) in [6, 6.07) is 2.17. The van der Waals surface area contributed by atoms with Gasteiger partial charge >= 0.3 is 6.36 Å². The van der Waals surface area contributed by atoms with Crippen molar-refractivity contribution in [1.29, 1.82) is 5.26 Å². The van der Waals surface area contributed by atoms with Crippen LogP contribution in [0.25, 0.3) is 0 Å². The molecule has 0 bridgehead atoms. The van der Waals surface area contributed by atoms with Gasteiger partial charge in [-0.3, -0.25) is 4.79 Å². The number of hydrogen-bond donors (Lipinski definition) is 1. The maximum absolute atomic E-state index is 11.9. The molecule has 4 nitrogen and oxygen atoms in total. The van der Waals surface area contributed by atoms with Crippen LogP contribution in [0.15, 0.2) is 15.3 Å². The van der Waals surface area contributed by atoms with E-state index in [1.165, 1.54) is 6.07 Å². The van der Waals surface area contributed by atoms with E-state index in [1.54, 1.807) is 0 Å². The Hall–Kier alpha value is -1.49. The van der Waals surface area contributed by atoms with Crippen LogP contribution in [0.1, 0.15) is 5.69 Å². The van der Waals surface area contributed by atoms with E-state index in [-0.39, 0.29) is 4.47 Å². The third-order valence-corrected chi connectivity index (χ3v) is 1.89. The number of aromatic nitrogens is 1. The molecular weight excluding hydrogens is 281 g/mol. The molecule has 0 aromatic carbocycles. The van der Waals surface area contributed by atoms with Gasteiger partial charge in [0, 0.05) is 6.07 Å². The topological polar surface area (TPSA) is 65.9 Å². The van der Waals surface area contributed by atoms with E-state index in [0.29, 0.717) is 0 Å². The number of nitrogens with zero attached hydrogens (tertiary/aromatic N) is 1. The molecule has 0 fully saturated rings. The van der Waals surface area contributed by atoms with Crippen LogP contribution in [0.4, 0.5) is 13.2 Å². The molecule has 0 amide bonds. The van der Waals surface area contributed by atoms with Crippen LogP contribution in [0, 0.1) is 11.3 Å². The Morgan fingerprint density at radius 3 is 2.60 bits per heavy atom. The molecule has 0 saturated carbocycles. The van der Waals surface area contributed by atoms with Gasteiger partial charge in [-0.1, -0.05) is 0 Å². The minimum atomic E-state index is -4.91. The summed E-state index contributed by atoms with van der Waals surface area (Å²) in [5.41, 5.74) is -1.29. The summed E-state index contributed by atoms with van der Waals surface area (Å²) in [4.78, 5) is 12.9. The van der Waals surface area contributed by atoms with Crippen molar-refractivity contribution in [3.8, 4) is 11.8 Å². The molecule has 1 heterocycles. The van der Waals surface area contributed by atoms with Crippen LogP contribution < -0.4 is 10.3 Å². The van der Waals surface area contributed by atoms with Crippen molar-refractivity contribution >= 4 is 15.9 Å². The number of rotatable bonds is 1. The summed E-state index contributed by atoms with van der Waals surface area (Å²) >= 11 is 2.72. The number of pyridine rings is 1. The predicted octanol–water partition coefficient (Wildman–Crippen LogP) is 1.91. The standard InChI is InChI=1S/C7H2BrF3N2O2/c8-3-1-5(15-7(9,10)11)4(2-12)13-6(3)14/h1H,(H,13,14). The number of halogens is 4. The Bertz CT molecular complexity index is 475. The van der Waals surface area contributed by atoms with E-state index in [9.17, 15) is 18.0 Å². The summed E-state index contributed by atoms with van der Waals surface area (Å²) in [6.45, 7) is 0. The maximum atomic E-state index is 11.9. The Labute approximate surface area is 89.4 Å². The molecule has 0 atom stereocenters. The van der Waals surface area contributed by atoms with Crippen LogP contribution in [-0.2, 0) is 0 Å². The summed E-state index contributed by atoms with van der Waals surface area (Å²) in [6.07, 6.45) is -4.91. The molecule has 0 aliphatic heterocycles. The molecule has 0 spiro atoms. The largest absolute Gasteiger partial charge is 0.573 e. The number of nitriles is 1. The van der Waals surface area contributed by atoms with Gasteiger partial charge in [0.2, 0.25) is 0 Å². The number of ether oxygens (including phenoxy) is 1. The highest BCUT2D eigenvalue weighted by Crippen LogP contribution is 2.25. The smallest absolute Gasteiger partial charge is 0.403 e. The fraction of sp³-hybridized carbons (Fsp3) is 0.143. The van der Waals surface area contributed by atoms with Crippen LogP contribution in [0.5, 0.6) is 5.75 Å². The number of alkyl halides is 3. The van der Waals surface area contributed by atoms with E-state index in [1.807, 2.05) is 4.98 Å². The van der Waals surface area contributed by atoms with Crippen molar-refractivity contribution in [1.82, 2.24) is 4.98 Å². The van der Waals surface area contributed by atoms with Gasteiger partial charge in [0.15, 0.2) is 11.4 Å². The molecule has 1 N–H and O–H groups in total. The van der Waals surface area contributed by atoms with E-state index in [4.69, 9.17) is 5.26 Å². The average Bonchev–Trinajstić information content (AvgIpc) is 2.08. The van der Waals surface area contributed by atoms with Crippen LogP contribution in [0.3, 0.4) is 0 Å². The Morgan fingerprint density at radius 2 is 2.13 bits per heavy atom. The highest BCUT2D eigenvalue weighted by Gasteiger charge is 2.32. The zero-order chi connectivity index (χ0) is 11.6. The molecule has 1 aromatic rings. The first-order valence-corrected chi connectivity index (χ1v) is 4.21. The van der Waals surface area contributed by atoms with Gasteiger partial charge in [-0.2, -0.15) is 5.26 Å². The van der Waals surface area contributed by atoms with Crippen molar-refractivity contribution in [2.45, 2.75) is 6.36 Å². The first kappa shape index (κ1) is 11.6. The minimum Gasteiger partial charge on any atom is -0.403 e. The van der Waals surface area contributed by atoms with Crippen molar-refractivity contribution in [3.05, 3.63) is 26.6 Å². The van der Waals surface area contributed by atoms with Crippen molar-refractivity contribution in [3.63, 3.8) is 0 Å². The SMILES string of the molecule is N#Cc1[nH]c(=O)c(Br)cc1OC(F)(F)F. The van der Waals surface area contributed by atoms with Gasteiger partial charge in [0.05, 0.1) is 4.47 Å². The lowest BCUT2D eigenvalue weighted by Gasteiger charge is -2.09. The first-order chi connectivity index (χ1) is 6.83. The zero-order valence-corrected chi connectivity index (χ0v) is 8.44. The van der Waals surface area contributed by atoms with E-state index in [2.05, 4.69) is 20.7 Å². The van der Waals surface area contributed by atoms with Crippen LogP contribution >= 0.6 is 15.9 Å². The third-order valence-electron chi connectivity index (χ3n) is 1.30. The molecule has 80 valence electrons. The van der Waals surface area contributed by atoms with Gasteiger partial charge in [0.1, 0.15) is 6.07 Å². The Morgan fingerprint density at radius 1 is 1.53 bits per heavy atom.